The van der Waals surface area contributed by atoms with Gasteiger partial charge in [-0.1, -0.05) is 46.0 Å². The van der Waals surface area contributed by atoms with Crippen molar-refractivity contribution in [2.75, 3.05) is 27.7 Å². The minimum absolute atomic E-state index is 0.240. The van der Waals surface area contributed by atoms with Crippen molar-refractivity contribution in [1.82, 2.24) is 0 Å². The van der Waals surface area contributed by atoms with E-state index in [1.54, 1.807) is 0 Å². The SMILES string of the molecule is CCC(C)CCCCCCC(=O)OC(CC(=O)[O-])C[N+](C)(C)C. The molecule has 0 aliphatic heterocycles. The fraction of sp³-hybridized carbons (Fsp3) is 0.889. The Morgan fingerprint density at radius 2 is 1.70 bits per heavy atom. The topological polar surface area (TPSA) is 66.4 Å². The molecule has 0 saturated heterocycles. The van der Waals surface area contributed by atoms with Crippen LogP contribution in [-0.4, -0.2) is 50.2 Å². The highest BCUT2D eigenvalue weighted by Gasteiger charge is 2.22. The van der Waals surface area contributed by atoms with Crippen molar-refractivity contribution in [3.63, 3.8) is 0 Å². The lowest BCUT2D eigenvalue weighted by Gasteiger charge is -2.29. The van der Waals surface area contributed by atoms with Gasteiger partial charge >= 0.3 is 5.97 Å². The van der Waals surface area contributed by atoms with Crippen LogP contribution in [0.3, 0.4) is 0 Å². The van der Waals surface area contributed by atoms with Crippen molar-refractivity contribution in [2.45, 2.75) is 71.3 Å². The van der Waals surface area contributed by atoms with Crippen LogP contribution in [0.2, 0.25) is 0 Å². The van der Waals surface area contributed by atoms with E-state index < -0.39 is 12.1 Å². The maximum absolute atomic E-state index is 11.9. The van der Waals surface area contributed by atoms with Gasteiger partial charge < -0.3 is 19.1 Å². The number of hydrogen-bond donors (Lipinski definition) is 0. The lowest BCUT2D eigenvalue weighted by Crippen LogP contribution is -2.45. The Kier molecular flexibility index (Phi) is 10.9. The molecule has 2 unspecified atom stereocenters. The van der Waals surface area contributed by atoms with Crippen LogP contribution in [0.4, 0.5) is 0 Å². The van der Waals surface area contributed by atoms with Gasteiger partial charge in [-0.25, -0.2) is 0 Å². The van der Waals surface area contributed by atoms with E-state index >= 15 is 0 Å². The first kappa shape index (κ1) is 21.9. The van der Waals surface area contributed by atoms with Gasteiger partial charge in [-0.05, 0) is 12.3 Å². The summed E-state index contributed by atoms with van der Waals surface area (Å²) in [6.07, 6.45) is 6.15. The Morgan fingerprint density at radius 1 is 1.09 bits per heavy atom. The van der Waals surface area contributed by atoms with Crippen LogP contribution in [0.1, 0.15) is 65.2 Å². The number of rotatable bonds is 13. The maximum atomic E-state index is 11.9. The first-order valence-electron chi connectivity index (χ1n) is 8.83. The van der Waals surface area contributed by atoms with Crippen molar-refractivity contribution in [3.8, 4) is 0 Å². The number of likely N-dealkylation sites (N-methyl/N-ethyl adjacent to an activating group) is 1. The molecule has 0 aliphatic carbocycles. The summed E-state index contributed by atoms with van der Waals surface area (Å²) in [5, 5.41) is 10.8. The monoisotopic (exact) mass is 329 g/mol. The fourth-order valence-electron chi connectivity index (χ4n) is 2.50. The van der Waals surface area contributed by atoms with Gasteiger partial charge in [0.15, 0.2) is 6.10 Å². The molecule has 0 aromatic rings. The van der Waals surface area contributed by atoms with E-state index in [1.165, 1.54) is 19.3 Å². The van der Waals surface area contributed by atoms with Crippen molar-refractivity contribution in [3.05, 3.63) is 0 Å². The quantitative estimate of drug-likeness (QED) is 0.295. The van der Waals surface area contributed by atoms with Gasteiger partial charge in [-0.3, -0.25) is 4.79 Å². The Morgan fingerprint density at radius 3 is 2.22 bits per heavy atom. The van der Waals surface area contributed by atoms with E-state index in [4.69, 9.17) is 4.74 Å². The first-order chi connectivity index (χ1) is 10.6. The highest BCUT2D eigenvalue weighted by Crippen LogP contribution is 2.14. The molecule has 0 aromatic carbocycles. The molecule has 0 N–H and O–H groups in total. The van der Waals surface area contributed by atoms with Crippen LogP contribution in [0.15, 0.2) is 0 Å². The van der Waals surface area contributed by atoms with E-state index in [-0.39, 0.29) is 12.4 Å². The number of aliphatic carboxylic acids is 1. The zero-order valence-corrected chi connectivity index (χ0v) is 15.6. The smallest absolute Gasteiger partial charge is 0.306 e. The lowest BCUT2D eigenvalue weighted by molar-refractivity contribution is -0.873. The normalized spacial score (nSPS) is 14.3. The highest BCUT2D eigenvalue weighted by molar-refractivity contribution is 5.70. The summed E-state index contributed by atoms with van der Waals surface area (Å²) in [6.45, 7) is 4.94. The zero-order valence-electron chi connectivity index (χ0n) is 15.6. The Bertz CT molecular complexity index is 349. The Hall–Kier alpha value is -1.10. The molecule has 0 fully saturated rings. The molecule has 0 heterocycles. The molecule has 23 heavy (non-hydrogen) atoms. The Labute approximate surface area is 141 Å². The predicted molar refractivity (Wildman–Crippen MR) is 89.6 cm³/mol. The van der Waals surface area contributed by atoms with Gasteiger partial charge in [-0.15, -0.1) is 0 Å². The lowest BCUT2D eigenvalue weighted by atomic mass is 10.00. The summed E-state index contributed by atoms with van der Waals surface area (Å²) in [4.78, 5) is 22.6. The standard InChI is InChI=1S/C18H35NO4/c1-6-15(2)11-9-7-8-10-12-18(22)23-16(13-17(20)21)14-19(3,4)5/h15-16H,6-14H2,1-5H3. The average molecular weight is 329 g/mol. The molecule has 0 amide bonds. The van der Waals surface area contributed by atoms with E-state index in [2.05, 4.69) is 13.8 Å². The van der Waals surface area contributed by atoms with Crippen LogP contribution in [0, 0.1) is 5.92 Å². The Balaban J connectivity index is 3.97. The van der Waals surface area contributed by atoms with Crippen molar-refractivity contribution in [1.29, 1.82) is 0 Å². The molecular formula is C18H35NO4. The second-order valence-corrected chi connectivity index (χ2v) is 7.63. The minimum Gasteiger partial charge on any atom is -0.550 e. The van der Waals surface area contributed by atoms with Crippen molar-refractivity contribution in [2.24, 2.45) is 5.92 Å². The highest BCUT2D eigenvalue weighted by atomic mass is 16.5. The number of carbonyl (C=O) groups excluding carboxylic acids is 2. The van der Waals surface area contributed by atoms with E-state index in [0.29, 0.717) is 17.4 Å². The zero-order chi connectivity index (χ0) is 17.9. The average Bonchev–Trinajstić information content (AvgIpc) is 2.39. The number of carboxylic acids is 1. The van der Waals surface area contributed by atoms with E-state index in [9.17, 15) is 14.7 Å². The number of quaternary nitrogens is 1. The number of unbranched alkanes of at least 4 members (excludes halogenated alkanes) is 3. The second kappa shape index (κ2) is 11.4. The van der Waals surface area contributed by atoms with Gasteiger partial charge in [-0.2, -0.15) is 0 Å². The summed E-state index contributed by atoms with van der Waals surface area (Å²) in [6, 6.07) is 0. The third kappa shape index (κ3) is 14.2. The molecule has 5 nitrogen and oxygen atoms in total. The van der Waals surface area contributed by atoms with Crippen molar-refractivity contribution < 1.29 is 23.9 Å². The minimum atomic E-state index is -1.18. The summed E-state index contributed by atoms with van der Waals surface area (Å²) < 4.78 is 5.87. The number of carbonyl (C=O) groups is 2. The second-order valence-electron chi connectivity index (χ2n) is 7.63. The molecule has 0 aromatic heterocycles. The molecular weight excluding hydrogens is 294 g/mol. The summed E-state index contributed by atoms with van der Waals surface area (Å²) in [5.74, 6) is -0.700. The van der Waals surface area contributed by atoms with Gasteiger partial charge in [0.25, 0.3) is 0 Å². The van der Waals surface area contributed by atoms with Crippen LogP contribution < -0.4 is 5.11 Å². The first-order valence-corrected chi connectivity index (χ1v) is 8.83. The molecule has 0 rings (SSSR count). The molecule has 0 saturated carbocycles. The fourth-order valence-corrected chi connectivity index (χ4v) is 2.50. The number of hydrogen-bond acceptors (Lipinski definition) is 4. The number of nitrogens with zero attached hydrogens (tertiary/aromatic N) is 1. The number of carboxylic acid groups (broad SMARTS) is 1. The maximum Gasteiger partial charge on any atom is 0.306 e. The van der Waals surface area contributed by atoms with Gasteiger partial charge in [0.05, 0.1) is 21.1 Å². The third-order valence-electron chi connectivity index (χ3n) is 3.97. The van der Waals surface area contributed by atoms with Crippen LogP contribution in [0.5, 0.6) is 0 Å². The third-order valence-corrected chi connectivity index (χ3v) is 3.97. The molecule has 0 spiro atoms. The molecule has 136 valence electrons. The summed E-state index contributed by atoms with van der Waals surface area (Å²) >= 11 is 0. The van der Waals surface area contributed by atoms with E-state index in [0.717, 1.165) is 25.2 Å². The van der Waals surface area contributed by atoms with E-state index in [1.807, 2.05) is 21.1 Å². The van der Waals surface area contributed by atoms with Gasteiger partial charge in [0, 0.05) is 18.8 Å². The molecule has 2 atom stereocenters. The van der Waals surface area contributed by atoms with Gasteiger partial charge in [0.1, 0.15) is 6.54 Å². The predicted octanol–water partition coefficient (Wildman–Crippen LogP) is 2.13. The largest absolute Gasteiger partial charge is 0.550 e. The van der Waals surface area contributed by atoms with Gasteiger partial charge in [0.2, 0.25) is 0 Å². The molecule has 0 aliphatic rings. The van der Waals surface area contributed by atoms with Crippen molar-refractivity contribution >= 4 is 11.9 Å². The summed E-state index contributed by atoms with van der Waals surface area (Å²) in [5.41, 5.74) is 0. The number of ether oxygens (including phenoxy) is 1. The van der Waals surface area contributed by atoms with Crippen LogP contribution in [0.25, 0.3) is 0 Å². The molecule has 0 radical (unpaired) electrons. The van der Waals surface area contributed by atoms with Crippen LogP contribution in [-0.2, 0) is 14.3 Å². The number of esters is 1. The molecule has 0 bridgehead atoms. The molecule has 5 heteroatoms. The summed E-state index contributed by atoms with van der Waals surface area (Å²) in [7, 11) is 5.81. The van der Waals surface area contributed by atoms with Crippen LogP contribution >= 0.6 is 0 Å².